The number of rotatable bonds is 3. The number of hydrogen-bond acceptors (Lipinski definition) is 5. The van der Waals surface area contributed by atoms with Crippen molar-refractivity contribution in [2.45, 2.75) is 39.2 Å². The molecular formula is C15H24N4O2. The molecule has 1 aromatic rings. The van der Waals surface area contributed by atoms with Gasteiger partial charge in [-0.25, -0.2) is 9.97 Å². The molecule has 0 aliphatic carbocycles. The lowest BCUT2D eigenvalue weighted by molar-refractivity contribution is 0.0559. The highest BCUT2D eigenvalue weighted by atomic mass is 16.5. The topological polar surface area (TPSA) is 67.4 Å². The van der Waals surface area contributed by atoms with Crippen molar-refractivity contribution in [1.29, 1.82) is 0 Å². The number of carbonyl (C=O) groups excluding carboxylic acids is 1. The highest BCUT2D eigenvalue weighted by molar-refractivity contribution is 5.97. The second-order valence-electron chi connectivity index (χ2n) is 5.68. The van der Waals surface area contributed by atoms with E-state index in [1.165, 1.54) is 0 Å². The van der Waals surface area contributed by atoms with E-state index in [-0.39, 0.29) is 17.9 Å². The lowest BCUT2D eigenvalue weighted by Crippen LogP contribution is -2.37. The van der Waals surface area contributed by atoms with E-state index >= 15 is 0 Å². The van der Waals surface area contributed by atoms with Gasteiger partial charge < -0.3 is 15.0 Å². The average molecular weight is 292 g/mol. The number of nitrogens with one attached hydrogen (secondary N) is 1. The molecule has 2 heterocycles. The maximum absolute atomic E-state index is 12.8. The fourth-order valence-corrected chi connectivity index (χ4v) is 2.35. The van der Waals surface area contributed by atoms with E-state index in [1.54, 1.807) is 13.2 Å². The molecule has 1 aromatic heterocycles. The van der Waals surface area contributed by atoms with Gasteiger partial charge in [-0.3, -0.25) is 4.79 Å². The summed E-state index contributed by atoms with van der Waals surface area (Å²) in [4.78, 5) is 23.4. The van der Waals surface area contributed by atoms with Gasteiger partial charge >= 0.3 is 0 Å². The molecular weight excluding hydrogens is 268 g/mol. The summed E-state index contributed by atoms with van der Waals surface area (Å²) in [6.45, 7) is 8.03. The van der Waals surface area contributed by atoms with Crippen molar-refractivity contribution in [3.05, 3.63) is 17.7 Å². The molecule has 0 aromatic carbocycles. The highest BCUT2D eigenvalue weighted by Crippen LogP contribution is 2.19. The van der Waals surface area contributed by atoms with E-state index in [9.17, 15) is 4.79 Å². The number of nitrogens with zero attached hydrogens (tertiary/aromatic N) is 3. The molecule has 1 fully saturated rings. The Morgan fingerprint density at radius 3 is 2.95 bits per heavy atom. The average Bonchev–Trinajstić information content (AvgIpc) is 2.70. The van der Waals surface area contributed by atoms with Crippen LogP contribution in [0.15, 0.2) is 6.20 Å². The third kappa shape index (κ3) is 3.69. The summed E-state index contributed by atoms with van der Waals surface area (Å²) >= 11 is 0. The predicted octanol–water partition coefficient (Wildman–Crippen LogP) is 1.89. The van der Waals surface area contributed by atoms with Crippen molar-refractivity contribution in [3.63, 3.8) is 0 Å². The first kappa shape index (κ1) is 15.7. The van der Waals surface area contributed by atoms with Crippen LogP contribution in [0.5, 0.6) is 0 Å². The van der Waals surface area contributed by atoms with Crippen LogP contribution in [0.1, 0.15) is 49.4 Å². The van der Waals surface area contributed by atoms with E-state index in [2.05, 4.69) is 15.3 Å². The first-order valence-corrected chi connectivity index (χ1v) is 7.48. The fourth-order valence-electron chi connectivity index (χ4n) is 2.35. The zero-order valence-electron chi connectivity index (χ0n) is 13.2. The van der Waals surface area contributed by atoms with E-state index in [1.807, 2.05) is 25.7 Å². The smallest absolute Gasteiger partial charge is 0.274 e. The lowest BCUT2D eigenvalue weighted by Gasteiger charge is -2.23. The van der Waals surface area contributed by atoms with Gasteiger partial charge in [-0.2, -0.15) is 0 Å². The lowest BCUT2D eigenvalue weighted by atomic mass is 10.2. The SMILES string of the molecule is CNc1cnc(C(C)C)nc1C(=O)N1CCCOC(C)C1. The Morgan fingerprint density at radius 2 is 2.29 bits per heavy atom. The van der Waals surface area contributed by atoms with Gasteiger partial charge in [0.2, 0.25) is 0 Å². The van der Waals surface area contributed by atoms with E-state index < -0.39 is 0 Å². The van der Waals surface area contributed by atoms with Gasteiger partial charge in [-0.15, -0.1) is 0 Å². The molecule has 1 unspecified atom stereocenters. The summed E-state index contributed by atoms with van der Waals surface area (Å²) < 4.78 is 5.60. The number of carbonyl (C=O) groups is 1. The number of anilines is 1. The minimum absolute atomic E-state index is 0.0546. The summed E-state index contributed by atoms with van der Waals surface area (Å²) in [6, 6.07) is 0. The van der Waals surface area contributed by atoms with Crippen molar-refractivity contribution in [2.75, 3.05) is 32.1 Å². The minimum atomic E-state index is -0.0546. The monoisotopic (exact) mass is 292 g/mol. The Balaban J connectivity index is 2.29. The molecule has 0 saturated carbocycles. The van der Waals surface area contributed by atoms with Crippen molar-refractivity contribution in [3.8, 4) is 0 Å². The molecule has 0 radical (unpaired) electrons. The molecule has 0 bridgehead atoms. The summed E-state index contributed by atoms with van der Waals surface area (Å²) in [7, 11) is 1.78. The first-order chi connectivity index (χ1) is 10.0. The molecule has 1 aliphatic rings. The van der Waals surface area contributed by atoms with Gasteiger partial charge in [-0.1, -0.05) is 13.8 Å². The third-order valence-electron chi connectivity index (χ3n) is 3.54. The highest BCUT2D eigenvalue weighted by Gasteiger charge is 2.25. The summed E-state index contributed by atoms with van der Waals surface area (Å²) in [5.74, 6) is 0.825. The Morgan fingerprint density at radius 1 is 1.52 bits per heavy atom. The zero-order chi connectivity index (χ0) is 15.4. The van der Waals surface area contributed by atoms with E-state index in [4.69, 9.17) is 4.74 Å². The standard InChI is InChI=1S/C15H24N4O2/c1-10(2)14-17-8-12(16-4)13(18-14)15(20)19-6-5-7-21-11(3)9-19/h8,10-11,16H,5-7,9H2,1-4H3. The van der Waals surface area contributed by atoms with Crippen LogP contribution in [0.2, 0.25) is 0 Å². The van der Waals surface area contributed by atoms with Crippen molar-refractivity contribution in [1.82, 2.24) is 14.9 Å². The van der Waals surface area contributed by atoms with Crippen molar-refractivity contribution in [2.24, 2.45) is 0 Å². The zero-order valence-corrected chi connectivity index (χ0v) is 13.2. The number of aromatic nitrogens is 2. The number of hydrogen-bond donors (Lipinski definition) is 1. The molecule has 1 amide bonds. The molecule has 1 aliphatic heterocycles. The van der Waals surface area contributed by atoms with Crippen LogP contribution in [-0.2, 0) is 4.74 Å². The Kier molecular flexibility index (Phi) is 5.12. The van der Waals surface area contributed by atoms with Gasteiger partial charge in [0.05, 0.1) is 18.0 Å². The van der Waals surface area contributed by atoms with Gasteiger partial charge in [0.1, 0.15) is 5.82 Å². The molecule has 21 heavy (non-hydrogen) atoms. The minimum Gasteiger partial charge on any atom is -0.385 e. The maximum atomic E-state index is 12.8. The molecule has 6 heteroatoms. The van der Waals surface area contributed by atoms with Crippen LogP contribution in [0, 0.1) is 0 Å². The van der Waals surface area contributed by atoms with Crippen molar-refractivity contribution >= 4 is 11.6 Å². The second kappa shape index (κ2) is 6.85. The summed E-state index contributed by atoms with van der Waals surface area (Å²) in [5.41, 5.74) is 1.12. The molecule has 2 rings (SSSR count). The van der Waals surface area contributed by atoms with Gasteiger partial charge in [0, 0.05) is 32.7 Å². The van der Waals surface area contributed by atoms with Crippen LogP contribution < -0.4 is 5.32 Å². The van der Waals surface area contributed by atoms with Gasteiger partial charge in [0.25, 0.3) is 5.91 Å². The van der Waals surface area contributed by atoms with Crippen LogP contribution in [0.25, 0.3) is 0 Å². The summed E-state index contributed by atoms with van der Waals surface area (Å²) in [6.07, 6.45) is 2.60. The quantitative estimate of drug-likeness (QED) is 0.921. The van der Waals surface area contributed by atoms with Crippen LogP contribution in [-0.4, -0.2) is 53.6 Å². The molecule has 1 atom stereocenters. The Bertz CT molecular complexity index is 504. The van der Waals surface area contributed by atoms with E-state index in [0.717, 1.165) is 6.42 Å². The largest absolute Gasteiger partial charge is 0.385 e. The second-order valence-corrected chi connectivity index (χ2v) is 5.68. The van der Waals surface area contributed by atoms with Crippen molar-refractivity contribution < 1.29 is 9.53 Å². The molecule has 1 N–H and O–H groups in total. The summed E-state index contributed by atoms with van der Waals surface area (Å²) in [5, 5.41) is 3.00. The Labute approximate surface area is 125 Å². The van der Waals surface area contributed by atoms with Crippen LogP contribution in [0.3, 0.4) is 0 Å². The van der Waals surface area contributed by atoms with E-state index in [0.29, 0.717) is 36.9 Å². The first-order valence-electron chi connectivity index (χ1n) is 7.48. The fraction of sp³-hybridized carbons (Fsp3) is 0.667. The maximum Gasteiger partial charge on any atom is 0.274 e. The van der Waals surface area contributed by atoms with Crippen LogP contribution in [0.4, 0.5) is 5.69 Å². The van der Waals surface area contributed by atoms with Gasteiger partial charge in [0.15, 0.2) is 5.69 Å². The predicted molar refractivity (Wildman–Crippen MR) is 81.6 cm³/mol. The molecule has 6 nitrogen and oxygen atoms in total. The molecule has 116 valence electrons. The number of amides is 1. The number of ether oxygens (including phenoxy) is 1. The normalized spacial score (nSPS) is 19.5. The third-order valence-corrected chi connectivity index (χ3v) is 3.54. The molecule has 1 saturated heterocycles. The van der Waals surface area contributed by atoms with Crippen LogP contribution >= 0.6 is 0 Å². The van der Waals surface area contributed by atoms with Gasteiger partial charge in [-0.05, 0) is 13.3 Å². The molecule has 0 spiro atoms. The Hall–Kier alpha value is -1.69.